The summed E-state index contributed by atoms with van der Waals surface area (Å²) in [6.45, 7) is 3.08. The van der Waals surface area contributed by atoms with E-state index in [2.05, 4.69) is 0 Å². The molecule has 1 saturated heterocycles. The summed E-state index contributed by atoms with van der Waals surface area (Å²) >= 11 is 6.77. The van der Waals surface area contributed by atoms with Crippen molar-refractivity contribution in [3.05, 3.63) is 58.5 Å². The van der Waals surface area contributed by atoms with Crippen molar-refractivity contribution in [2.45, 2.75) is 13.3 Å². The van der Waals surface area contributed by atoms with Crippen molar-refractivity contribution in [2.24, 2.45) is 0 Å². The molecule has 1 aliphatic rings. The highest BCUT2D eigenvalue weighted by Crippen LogP contribution is 2.33. The molecule has 0 unspecified atom stereocenters. The Morgan fingerprint density at radius 1 is 1.07 bits per heavy atom. The Morgan fingerprint density at radius 3 is 2.45 bits per heavy atom. The molecular weight excluding hydrogens is 406 g/mol. The van der Waals surface area contributed by atoms with Gasteiger partial charge in [-0.05, 0) is 54.8 Å². The van der Waals surface area contributed by atoms with Crippen molar-refractivity contribution in [1.29, 1.82) is 0 Å². The van der Waals surface area contributed by atoms with E-state index in [0.29, 0.717) is 40.3 Å². The standard InChI is InChI=1S/C22H23NO4S2/c1-4-27-17-8-5-15(6-9-17)14-20-21(24)23(22(28)29-20)12-11-16-7-10-18(25-2)19(13-16)26-3/h5-10,13-14H,4,11-12H2,1-3H3/b20-14-. The Hall–Kier alpha value is -2.51. The minimum Gasteiger partial charge on any atom is -0.494 e. The van der Waals surface area contributed by atoms with Gasteiger partial charge >= 0.3 is 0 Å². The molecule has 29 heavy (non-hydrogen) atoms. The summed E-state index contributed by atoms with van der Waals surface area (Å²) in [5.74, 6) is 2.10. The van der Waals surface area contributed by atoms with Gasteiger partial charge in [-0.1, -0.05) is 42.2 Å². The van der Waals surface area contributed by atoms with Gasteiger partial charge in [-0.15, -0.1) is 0 Å². The zero-order valence-electron chi connectivity index (χ0n) is 16.6. The van der Waals surface area contributed by atoms with Crippen molar-refractivity contribution in [3.8, 4) is 17.2 Å². The van der Waals surface area contributed by atoms with Crippen molar-refractivity contribution in [3.63, 3.8) is 0 Å². The smallest absolute Gasteiger partial charge is 0.266 e. The van der Waals surface area contributed by atoms with E-state index in [1.165, 1.54) is 11.8 Å². The number of benzene rings is 2. The Morgan fingerprint density at radius 2 is 1.79 bits per heavy atom. The Balaban J connectivity index is 1.67. The number of carbonyl (C=O) groups is 1. The summed E-state index contributed by atoms with van der Waals surface area (Å²) in [6.07, 6.45) is 2.54. The van der Waals surface area contributed by atoms with Crippen LogP contribution in [0, 0.1) is 0 Å². The van der Waals surface area contributed by atoms with Crippen LogP contribution in [0.25, 0.3) is 6.08 Å². The molecule has 152 valence electrons. The third kappa shape index (κ3) is 5.10. The maximum Gasteiger partial charge on any atom is 0.266 e. The first kappa shape index (κ1) is 21.2. The maximum absolute atomic E-state index is 12.8. The Bertz CT molecular complexity index is 925. The predicted octanol–water partition coefficient (Wildman–Crippen LogP) is 4.55. The molecule has 0 bridgehead atoms. The number of nitrogens with zero attached hydrogens (tertiary/aromatic N) is 1. The van der Waals surface area contributed by atoms with Gasteiger partial charge in [0.1, 0.15) is 10.1 Å². The first-order valence-corrected chi connectivity index (χ1v) is 10.5. The van der Waals surface area contributed by atoms with Gasteiger partial charge in [-0.25, -0.2) is 0 Å². The molecule has 0 N–H and O–H groups in total. The van der Waals surface area contributed by atoms with Crippen LogP contribution < -0.4 is 14.2 Å². The van der Waals surface area contributed by atoms with Crippen LogP contribution in [0.3, 0.4) is 0 Å². The lowest BCUT2D eigenvalue weighted by molar-refractivity contribution is -0.122. The highest BCUT2D eigenvalue weighted by atomic mass is 32.2. The monoisotopic (exact) mass is 429 g/mol. The van der Waals surface area contributed by atoms with E-state index >= 15 is 0 Å². The SMILES string of the molecule is CCOc1ccc(/C=C2\SC(=S)N(CCc3ccc(OC)c(OC)c3)C2=O)cc1. The largest absolute Gasteiger partial charge is 0.494 e. The first-order chi connectivity index (χ1) is 14.0. The van der Waals surface area contributed by atoms with Gasteiger partial charge in [0.2, 0.25) is 0 Å². The third-order valence-electron chi connectivity index (χ3n) is 4.43. The average molecular weight is 430 g/mol. The zero-order chi connectivity index (χ0) is 20.8. The van der Waals surface area contributed by atoms with E-state index in [1.807, 2.05) is 55.5 Å². The van der Waals surface area contributed by atoms with Crippen molar-refractivity contribution < 1.29 is 19.0 Å². The molecule has 0 aromatic heterocycles. The van der Waals surface area contributed by atoms with E-state index in [1.54, 1.807) is 19.1 Å². The number of methoxy groups -OCH3 is 2. The normalized spacial score (nSPS) is 15.1. The number of amides is 1. The Kier molecular flexibility index (Phi) is 7.17. The van der Waals surface area contributed by atoms with Gasteiger partial charge in [-0.2, -0.15) is 0 Å². The lowest BCUT2D eigenvalue weighted by atomic mass is 10.1. The third-order valence-corrected chi connectivity index (χ3v) is 5.81. The molecule has 1 heterocycles. The van der Waals surface area contributed by atoms with Crippen molar-refractivity contribution in [2.75, 3.05) is 27.4 Å². The molecule has 0 saturated carbocycles. The predicted molar refractivity (Wildman–Crippen MR) is 121 cm³/mol. The molecule has 1 aliphatic heterocycles. The molecule has 2 aromatic carbocycles. The lowest BCUT2D eigenvalue weighted by Gasteiger charge is -2.15. The van der Waals surface area contributed by atoms with Gasteiger partial charge in [0.05, 0.1) is 25.7 Å². The van der Waals surface area contributed by atoms with Gasteiger partial charge < -0.3 is 14.2 Å². The fourth-order valence-corrected chi connectivity index (χ4v) is 4.26. The van der Waals surface area contributed by atoms with Gasteiger partial charge in [-0.3, -0.25) is 9.69 Å². The van der Waals surface area contributed by atoms with Crippen molar-refractivity contribution in [1.82, 2.24) is 4.90 Å². The summed E-state index contributed by atoms with van der Waals surface area (Å²) < 4.78 is 16.6. The summed E-state index contributed by atoms with van der Waals surface area (Å²) in [7, 11) is 3.21. The summed E-state index contributed by atoms with van der Waals surface area (Å²) in [5, 5.41) is 0. The minimum absolute atomic E-state index is 0.0608. The van der Waals surface area contributed by atoms with E-state index in [9.17, 15) is 4.79 Å². The molecule has 5 nitrogen and oxygen atoms in total. The second-order valence-corrected chi connectivity index (χ2v) is 7.95. The average Bonchev–Trinajstić information content (AvgIpc) is 3.00. The zero-order valence-corrected chi connectivity index (χ0v) is 18.3. The molecule has 0 atom stereocenters. The van der Waals surface area contributed by atoms with E-state index < -0.39 is 0 Å². The van der Waals surface area contributed by atoms with Crippen LogP contribution in [0.15, 0.2) is 47.4 Å². The number of ether oxygens (including phenoxy) is 3. The maximum atomic E-state index is 12.8. The highest BCUT2D eigenvalue weighted by Gasteiger charge is 2.31. The van der Waals surface area contributed by atoms with Crippen LogP contribution in [0.5, 0.6) is 17.2 Å². The number of carbonyl (C=O) groups excluding carboxylic acids is 1. The van der Waals surface area contributed by atoms with E-state index in [4.69, 9.17) is 26.4 Å². The minimum atomic E-state index is -0.0608. The second-order valence-electron chi connectivity index (χ2n) is 6.27. The molecule has 1 fully saturated rings. The lowest BCUT2D eigenvalue weighted by Crippen LogP contribution is -2.30. The van der Waals surface area contributed by atoms with Crippen LogP contribution in [0.2, 0.25) is 0 Å². The molecule has 1 amide bonds. The van der Waals surface area contributed by atoms with Gasteiger partial charge in [0, 0.05) is 6.54 Å². The topological polar surface area (TPSA) is 48.0 Å². The Labute approximate surface area is 180 Å². The number of thiocarbonyl (C=S) groups is 1. The number of hydrogen-bond donors (Lipinski definition) is 0. The van der Waals surface area contributed by atoms with E-state index in [-0.39, 0.29) is 5.91 Å². The van der Waals surface area contributed by atoms with E-state index in [0.717, 1.165) is 16.9 Å². The van der Waals surface area contributed by atoms with Crippen LogP contribution >= 0.6 is 24.0 Å². The number of hydrogen-bond acceptors (Lipinski definition) is 6. The first-order valence-electron chi connectivity index (χ1n) is 9.24. The molecule has 0 radical (unpaired) electrons. The van der Waals surface area contributed by atoms with Crippen LogP contribution in [0.4, 0.5) is 0 Å². The molecule has 3 rings (SSSR count). The van der Waals surface area contributed by atoms with Crippen LogP contribution in [-0.2, 0) is 11.2 Å². The van der Waals surface area contributed by atoms with Crippen LogP contribution in [0.1, 0.15) is 18.1 Å². The van der Waals surface area contributed by atoms with Crippen molar-refractivity contribution >= 4 is 40.3 Å². The molecular formula is C22H23NO4S2. The summed E-state index contributed by atoms with van der Waals surface area (Å²) in [6, 6.07) is 13.4. The molecule has 2 aromatic rings. The molecule has 7 heteroatoms. The summed E-state index contributed by atoms with van der Waals surface area (Å²) in [4.78, 5) is 15.1. The van der Waals surface area contributed by atoms with Gasteiger partial charge in [0.25, 0.3) is 5.91 Å². The number of thioether (sulfide) groups is 1. The fourth-order valence-electron chi connectivity index (χ4n) is 2.95. The fraction of sp³-hybridized carbons (Fsp3) is 0.273. The molecule has 0 spiro atoms. The highest BCUT2D eigenvalue weighted by molar-refractivity contribution is 8.26. The van der Waals surface area contributed by atoms with Gasteiger partial charge in [0.15, 0.2) is 11.5 Å². The number of rotatable bonds is 8. The van der Waals surface area contributed by atoms with Crippen LogP contribution in [-0.4, -0.2) is 42.5 Å². The second kappa shape index (κ2) is 9.80. The quantitative estimate of drug-likeness (QED) is 0.453. The summed E-state index contributed by atoms with van der Waals surface area (Å²) in [5.41, 5.74) is 1.99. The molecule has 0 aliphatic carbocycles.